The van der Waals surface area contributed by atoms with Gasteiger partial charge in [-0.15, -0.1) is 0 Å². The maximum Gasteiger partial charge on any atom is 0.361 e. The molecule has 0 N–H and O–H groups in total. The minimum absolute atomic E-state index is 0.0157. The lowest BCUT2D eigenvalue weighted by molar-refractivity contribution is -0.132. The van der Waals surface area contributed by atoms with E-state index in [-0.39, 0.29) is 29.6 Å². The highest BCUT2D eigenvalue weighted by Gasteiger charge is 2.27. The predicted molar refractivity (Wildman–Crippen MR) is 129 cm³/mol. The van der Waals surface area contributed by atoms with Gasteiger partial charge in [-0.25, -0.2) is 14.8 Å². The molecule has 0 fully saturated rings. The van der Waals surface area contributed by atoms with Crippen molar-refractivity contribution in [3.8, 4) is 17.5 Å². The van der Waals surface area contributed by atoms with Crippen molar-refractivity contribution in [1.29, 1.82) is 0 Å². The number of carbonyl (C=O) groups excluding carboxylic acids is 1. The smallest absolute Gasteiger partial charge is 0.361 e. The molecular formula is C24H23ClN4O6. The molecule has 0 saturated carbocycles. The lowest BCUT2D eigenvalue weighted by Crippen LogP contribution is -2.20. The molecule has 0 spiro atoms. The normalized spacial score (nSPS) is 11.6. The van der Waals surface area contributed by atoms with Crippen LogP contribution in [-0.4, -0.2) is 48.7 Å². The number of benzene rings is 2. The molecule has 2 aromatic carbocycles. The molecule has 35 heavy (non-hydrogen) atoms. The number of ether oxygens (including phenoxy) is 3. The zero-order valence-corrected chi connectivity index (χ0v) is 20.3. The first-order valence-corrected chi connectivity index (χ1v) is 10.6. The number of hydrogen-bond donors (Lipinski definition) is 0. The number of carbonyl (C=O) groups is 1. The molecule has 0 amide bonds. The lowest BCUT2D eigenvalue weighted by Gasteiger charge is -2.13. The van der Waals surface area contributed by atoms with Crippen LogP contribution in [0.5, 0.6) is 17.5 Å². The molecule has 11 heteroatoms. The molecule has 0 aliphatic rings. The van der Waals surface area contributed by atoms with E-state index in [1.807, 2.05) is 24.3 Å². The third-order valence-corrected chi connectivity index (χ3v) is 4.79. The number of aromatic nitrogens is 2. The second kappa shape index (κ2) is 12.3. The Bertz CT molecular complexity index is 1250. The molecule has 1 heterocycles. The lowest BCUT2D eigenvalue weighted by atomic mass is 10.1. The zero-order valence-electron chi connectivity index (χ0n) is 19.5. The molecule has 3 rings (SSSR count). The molecular weight excluding hydrogens is 476 g/mol. The molecule has 0 radical (unpaired) electrons. The van der Waals surface area contributed by atoms with Gasteiger partial charge in [0.2, 0.25) is 17.5 Å². The highest BCUT2D eigenvalue weighted by Crippen LogP contribution is 2.30. The van der Waals surface area contributed by atoms with Gasteiger partial charge in [-0.2, -0.15) is 0 Å². The van der Waals surface area contributed by atoms with Crippen LogP contribution >= 0.6 is 11.6 Å². The van der Waals surface area contributed by atoms with Crippen LogP contribution in [0.25, 0.3) is 0 Å². The number of nitrogens with zero attached hydrogens (tertiary/aromatic N) is 4. The summed E-state index contributed by atoms with van der Waals surface area (Å²) in [5.41, 5.74) is 2.12. The quantitative estimate of drug-likeness (QED) is 0.229. The van der Waals surface area contributed by atoms with Crippen LogP contribution in [-0.2, 0) is 25.8 Å². The summed E-state index contributed by atoms with van der Waals surface area (Å²) in [6.07, 6.45) is 1.24. The Hall–Kier alpha value is -4.18. The number of halogens is 1. The van der Waals surface area contributed by atoms with Gasteiger partial charge in [0.15, 0.2) is 0 Å². The molecule has 182 valence electrons. The zero-order chi connectivity index (χ0) is 25.2. The van der Waals surface area contributed by atoms with Crippen LogP contribution in [0.1, 0.15) is 23.6 Å². The second-order valence-corrected chi connectivity index (χ2v) is 7.32. The van der Waals surface area contributed by atoms with Crippen LogP contribution in [0.2, 0.25) is 5.02 Å². The minimum Gasteiger partial charge on any atom is -0.480 e. The second-order valence-electron chi connectivity index (χ2n) is 6.89. The van der Waals surface area contributed by atoms with E-state index in [2.05, 4.69) is 20.3 Å². The first kappa shape index (κ1) is 25.4. The Morgan fingerprint density at radius 3 is 2.49 bits per heavy atom. The Morgan fingerprint density at radius 1 is 1.00 bits per heavy atom. The van der Waals surface area contributed by atoms with Gasteiger partial charge in [0.25, 0.3) is 0 Å². The summed E-state index contributed by atoms with van der Waals surface area (Å²) in [7, 11) is 3.89. The van der Waals surface area contributed by atoms with E-state index in [9.17, 15) is 4.79 Å². The summed E-state index contributed by atoms with van der Waals surface area (Å²) in [5, 5.41) is 8.55. The van der Waals surface area contributed by atoms with Gasteiger partial charge in [0.1, 0.15) is 31.4 Å². The number of esters is 1. The average Bonchev–Trinajstić information content (AvgIpc) is 2.87. The molecule has 10 nitrogen and oxygen atoms in total. The maximum atomic E-state index is 12.3. The van der Waals surface area contributed by atoms with Gasteiger partial charge in [-0.3, -0.25) is 0 Å². The van der Waals surface area contributed by atoms with Crippen molar-refractivity contribution in [3.63, 3.8) is 0 Å². The Morgan fingerprint density at radius 2 is 1.77 bits per heavy atom. The van der Waals surface area contributed by atoms with Crippen LogP contribution < -0.4 is 9.47 Å². The summed E-state index contributed by atoms with van der Waals surface area (Å²) in [5.74, 6) is -0.296. The third kappa shape index (κ3) is 6.67. The van der Waals surface area contributed by atoms with Gasteiger partial charge in [0.05, 0.1) is 19.9 Å². The topological polar surface area (TPSA) is 114 Å². The van der Waals surface area contributed by atoms with Crippen molar-refractivity contribution in [1.82, 2.24) is 9.97 Å². The maximum absolute atomic E-state index is 12.3. The summed E-state index contributed by atoms with van der Waals surface area (Å²) in [6.45, 7) is 2.07. The van der Waals surface area contributed by atoms with Crippen LogP contribution in [0.3, 0.4) is 0 Å². The predicted octanol–water partition coefficient (Wildman–Crippen LogP) is 4.40. The number of hydrogen-bond acceptors (Lipinski definition) is 10. The van der Waals surface area contributed by atoms with E-state index in [0.29, 0.717) is 16.5 Å². The van der Waals surface area contributed by atoms with Gasteiger partial charge in [-0.1, -0.05) is 46.2 Å². The molecule has 3 aromatic rings. The summed E-state index contributed by atoms with van der Waals surface area (Å²) in [4.78, 5) is 30.7. The SMILES string of the molecule is CON=C(C(=O)OC)c1c(OC)ncnc1Oc1cccc(C(C)=NOCc2cccc(Cl)c2)c1. The van der Waals surface area contributed by atoms with Crippen molar-refractivity contribution in [2.24, 2.45) is 10.3 Å². The first-order chi connectivity index (χ1) is 17.0. The number of rotatable bonds is 10. The van der Waals surface area contributed by atoms with Crippen LogP contribution in [0.15, 0.2) is 65.2 Å². The largest absolute Gasteiger partial charge is 0.480 e. The highest BCUT2D eigenvalue weighted by molar-refractivity contribution is 6.44. The Labute approximate surface area is 207 Å². The Kier molecular flexibility index (Phi) is 8.96. The fourth-order valence-electron chi connectivity index (χ4n) is 2.94. The Balaban J connectivity index is 1.85. The summed E-state index contributed by atoms with van der Waals surface area (Å²) >= 11 is 6.00. The molecule has 0 aliphatic carbocycles. The molecule has 0 unspecified atom stereocenters. The summed E-state index contributed by atoms with van der Waals surface area (Å²) < 4.78 is 16.0. The summed E-state index contributed by atoms with van der Waals surface area (Å²) in [6, 6.07) is 14.4. The van der Waals surface area contributed by atoms with E-state index in [4.69, 9.17) is 35.5 Å². The molecule has 0 bridgehead atoms. The van der Waals surface area contributed by atoms with Crippen molar-refractivity contribution >= 4 is 29.0 Å². The van der Waals surface area contributed by atoms with Crippen LogP contribution in [0.4, 0.5) is 0 Å². The molecule has 1 aromatic heterocycles. The van der Waals surface area contributed by atoms with Gasteiger partial charge < -0.3 is 23.9 Å². The van der Waals surface area contributed by atoms with Gasteiger partial charge in [-0.05, 0) is 36.8 Å². The van der Waals surface area contributed by atoms with Crippen molar-refractivity contribution in [3.05, 3.63) is 76.6 Å². The van der Waals surface area contributed by atoms with E-state index in [1.54, 1.807) is 31.2 Å². The van der Waals surface area contributed by atoms with Crippen molar-refractivity contribution in [2.75, 3.05) is 21.3 Å². The van der Waals surface area contributed by atoms with E-state index in [0.717, 1.165) is 11.1 Å². The van der Waals surface area contributed by atoms with E-state index >= 15 is 0 Å². The van der Waals surface area contributed by atoms with Gasteiger partial charge >= 0.3 is 5.97 Å². The van der Waals surface area contributed by atoms with Crippen molar-refractivity contribution in [2.45, 2.75) is 13.5 Å². The first-order valence-electron chi connectivity index (χ1n) is 10.2. The number of oxime groups is 2. The fourth-order valence-corrected chi connectivity index (χ4v) is 3.15. The molecule has 0 aliphatic heterocycles. The fraction of sp³-hybridized carbons (Fsp3) is 0.208. The van der Waals surface area contributed by atoms with E-state index < -0.39 is 5.97 Å². The molecule has 0 saturated heterocycles. The minimum atomic E-state index is -0.779. The van der Waals surface area contributed by atoms with Crippen LogP contribution in [0, 0.1) is 0 Å². The highest BCUT2D eigenvalue weighted by atomic mass is 35.5. The number of methoxy groups -OCH3 is 2. The monoisotopic (exact) mass is 498 g/mol. The van der Waals surface area contributed by atoms with Crippen molar-refractivity contribution < 1.29 is 28.7 Å². The average molecular weight is 499 g/mol. The van der Waals surface area contributed by atoms with Gasteiger partial charge in [0, 0.05) is 10.6 Å². The standard InChI is InChI=1S/C24H23ClN4O6/c1-15(28-34-13-16-7-5-9-18(25)11-16)17-8-6-10-19(12-17)35-23-20(22(31-2)26-14-27-23)21(29-33-4)24(30)32-3/h5-12,14H,13H2,1-4H3. The third-order valence-electron chi connectivity index (χ3n) is 4.56. The molecule has 0 atom stereocenters. The van der Waals surface area contributed by atoms with E-state index in [1.165, 1.54) is 27.7 Å².